The monoisotopic (exact) mass is 597 g/mol. The summed E-state index contributed by atoms with van der Waals surface area (Å²) in [4.78, 5) is 14.7. The summed E-state index contributed by atoms with van der Waals surface area (Å²) < 4.78 is 6.20. The number of fused-ring (bicyclic) bond motifs is 3. The molecule has 0 saturated carbocycles. The van der Waals surface area contributed by atoms with Gasteiger partial charge in [-0.2, -0.15) is 0 Å². The maximum absolute atomic E-state index is 10.0. The summed E-state index contributed by atoms with van der Waals surface area (Å²) in [6, 6.07) is 11.7. The van der Waals surface area contributed by atoms with Gasteiger partial charge in [0.05, 0.1) is 17.1 Å². The van der Waals surface area contributed by atoms with Crippen LogP contribution in [0, 0.1) is 6.07 Å². The smallest absolute Gasteiger partial charge is 0.155 e. The Morgan fingerprint density at radius 1 is 1.16 bits per heavy atom. The van der Waals surface area contributed by atoms with E-state index >= 15 is 0 Å². The molecule has 2 aromatic heterocycles. The fourth-order valence-electron chi connectivity index (χ4n) is 3.70. The molecule has 0 fully saturated rings. The van der Waals surface area contributed by atoms with Gasteiger partial charge in [-0.05, 0) is 55.3 Å². The fraction of sp³-hybridized carbons (Fsp3) is 0.385. The molecular weight excluding hydrogens is 567 g/mol. The van der Waals surface area contributed by atoms with Crippen LogP contribution >= 0.6 is 0 Å². The normalized spacial score (nSPS) is 13.6. The van der Waals surface area contributed by atoms with Crippen LogP contribution in [0.1, 0.15) is 64.3 Å². The first kappa shape index (κ1) is 25.0. The second-order valence-electron chi connectivity index (χ2n) is 8.88. The Hall–Kier alpha value is -2.23. The van der Waals surface area contributed by atoms with E-state index < -0.39 is 0 Å². The van der Waals surface area contributed by atoms with Gasteiger partial charge in [0, 0.05) is 38.8 Å². The van der Waals surface area contributed by atoms with Crippen LogP contribution < -0.4 is 0 Å². The van der Waals surface area contributed by atoms with Crippen LogP contribution in [0.25, 0.3) is 22.2 Å². The van der Waals surface area contributed by atoms with Crippen LogP contribution in [0.3, 0.4) is 0 Å². The van der Waals surface area contributed by atoms with E-state index in [2.05, 4.69) is 50.0 Å². The Bertz CT molecular complexity index is 1070. The number of carbonyl (C=O) groups excluding carboxylic acids is 1. The summed E-state index contributed by atoms with van der Waals surface area (Å²) in [5, 5.41) is 9.61. The predicted molar refractivity (Wildman–Crippen MR) is 121 cm³/mol. The number of ketones is 1. The number of aromatic nitrogens is 1. The number of furan rings is 1. The number of aliphatic hydroxyl groups is 1. The minimum Gasteiger partial charge on any atom is -0.512 e. The van der Waals surface area contributed by atoms with Crippen LogP contribution in [0.4, 0.5) is 0 Å². The summed E-state index contributed by atoms with van der Waals surface area (Å²) in [5.74, 6) is 1.10. The minimum atomic E-state index is -0.125. The van der Waals surface area contributed by atoms with Crippen molar-refractivity contribution < 1.29 is 34.4 Å². The van der Waals surface area contributed by atoms with Crippen LogP contribution in [0.2, 0.25) is 0 Å². The van der Waals surface area contributed by atoms with Crippen molar-refractivity contribution in [1.29, 1.82) is 0 Å². The summed E-state index contributed by atoms with van der Waals surface area (Å²) >= 11 is 0. The number of carbonyl (C=O) groups is 1. The molecule has 5 heteroatoms. The molecule has 1 N–H and O–H groups in total. The van der Waals surface area contributed by atoms with Crippen molar-refractivity contribution in [1.82, 2.24) is 4.98 Å². The molecule has 1 aliphatic rings. The minimum absolute atomic E-state index is 0. The zero-order chi connectivity index (χ0) is 21.9. The molecule has 4 nitrogen and oxygen atoms in total. The molecule has 0 aliphatic heterocycles. The first-order valence-corrected chi connectivity index (χ1v) is 10.5. The largest absolute Gasteiger partial charge is 0.512 e. The molecule has 1 radical (unpaired) electrons. The molecule has 0 amide bonds. The number of hydrogen-bond donors (Lipinski definition) is 1. The molecule has 4 rings (SSSR count). The number of rotatable bonds is 2. The van der Waals surface area contributed by atoms with E-state index in [1.54, 1.807) is 0 Å². The standard InChI is InChI=1S/C21H22NO.C5H8O2.Ir/c1-21(2,3)14-11-12-18(22-13-14)17-9-6-8-16-15-7-4-5-10-19(15)23-20(16)17;1-4(6)3-5(2)7;/h6,8,11-13H,4-5,7,10H2,1-3H3;3,6H,1-2H3;/q-1;;/b;4-3-;. The summed E-state index contributed by atoms with van der Waals surface area (Å²) in [5.41, 5.74) is 5.63. The number of benzene rings is 1. The molecule has 1 aliphatic carbocycles. The van der Waals surface area contributed by atoms with Crippen molar-refractivity contribution in [3.05, 3.63) is 65.3 Å². The van der Waals surface area contributed by atoms with Crippen LogP contribution in [0.15, 0.2) is 46.7 Å². The SMILES string of the molecule is CC(=O)/C=C(/C)O.CC(C)(C)c1ccc(-c2[c-]ccc3c4c(oc23)CCCC4)nc1.[Ir]. The van der Waals surface area contributed by atoms with Crippen LogP contribution in [-0.2, 0) is 43.2 Å². The van der Waals surface area contributed by atoms with Gasteiger partial charge in [-0.1, -0.05) is 43.9 Å². The van der Waals surface area contributed by atoms with Crippen molar-refractivity contribution >= 4 is 16.8 Å². The van der Waals surface area contributed by atoms with Crippen molar-refractivity contribution in [2.24, 2.45) is 0 Å². The molecule has 167 valence electrons. The fourth-order valence-corrected chi connectivity index (χ4v) is 3.70. The topological polar surface area (TPSA) is 63.3 Å². The van der Waals surface area contributed by atoms with Gasteiger partial charge in [-0.15, -0.1) is 18.2 Å². The first-order valence-electron chi connectivity index (χ1n) is 10.5. The van der Waals surface area contributed by atoms with E-state index in [9.17, 15) is 4.79 Å². The summed E-state index contributed by atoms with van der Waals surface area (Å²) in [6.45, 7) is 9.46. The molecule has 3 aromatic rings. The number of aliphatic hydroxyl groups excluding tert-OH is 1. The zero-order valence-electron chi connectivity index (χ0n) is 18.8. The molecule has 1 aromatic carbocycles. The van der Waals surface area contributed by atoms with E-state index in [1.807, 2.05) is 12.3 Å². The third-order valence-corrected chi connectivity index (χ3v) is 5.21. The van der Waals surface area contributed by atoms with Gasteiger partial charge in [0.1, 0.15) is 0 Å². The van der Waals surface area contributed by atoms with E-state index in [1.165, 1.54) is 55.0 Å². The second kappa shape index (κ2) is 10.4. The molecule has 31 heavy (non-hydrogen) atoms. The number of aryl methyl sites for hydroxylation is 2. The van der Waals surface area contributed by atoms with Crippen molar-refractivity contribution in [3.8, 4) is 11.3 Å². The van der Waals surface area contributed by atoms with Gasteiger partial charge in [0.25, 0.3) is 0 Å². The van der Waals surface area contributed by atoms with Crippen LogP contribution in [0.5, 0.6) is 0 Å². The van der Waals surface area contributed by atoms with Gasteiger partial charge >= 0.3 is 0 Å². The molecule has 2 heterocycles. The second-order valence-corrected chi connectivity index (χ2v) is 8.88. The number of nitrogens with zero attached hydrogens (tertiary/aromatic N) is 1. The zero-order valence-corrected chi connectivity index (χ0v) is 21.2. The van der Waals surface area contributed by atoms with Crippen molar-refractivity contribution in [2.75, 3.05) is 0 Å². The van der Waals surface area contributed by atoms with Gasteiger partial charge in [0.2, 0.25) is 0 Å². The molecule has 0 atom stereocenters. The van der Waals surface area contributed by atoms with E-state index in [4.69, 9.17) is 9.52 Å². The van der Waals surface area contributed by atoms with Gasteiger partial charge in [0.15, 0.2) is 5.78 Å². The molecular formula is C26H30IrNO3-. The maximum Gasteiger partial charge on any atom is 0.155 e. The quantitative estimate of drug-likeness (QED) is 0.208. The summed E-state index contributed by atoms with van der Waals surface area (Å²) in [6.07, 6.45) is 7.81. The van der Waals surface area contributed by atoms with Gasteiger partial charge in [-0.3, -0.25) is 4.79 Å². The first-order chi connectivity index (χ1) is 14.2. The van der Waals surface area contributed by atoms with Gasteiger partial charge < -0.3 is 14.5 Å². The van der Waals surface area contributed by atoms with Crippen molar-refractivity contribution in [3.63, 3.8) is 0 Å². The maximum atomic E-state index is 10.0. The predicted octanol–water partition coefficient (Wildman–Crippen LogP) is 6.51. The Kier molecular flexibility index (Phi) is 8.39. The Balaban J connectivity index is 0.000000373. The molecule has 0 spiro atoms. The number of allylic oxidation sites excluding steroid dienone is 2. The Morgan fingerprint density at radius 2 is 1.87 bits per heavy atom. The molecule has 0 saturated heterocycles. The van der Waals surface area contributed by atoms with Crippen molar-refractivity contribution in [2.45, 2.75) is 65.7 Å². The third-order valence-electron chi connectivity index (χ3n) is 5.21. The van der Waals surface area contributed by atoms with Crippen LogP contribution in [-0.4, -0.2) is 15.9 Å². The number of hydrogen-bond acceptors (Lipinski definition) is 4. The average molecular weight is 597 g/mol. The molecule has 0 unspecified atom stereocenters. The van der Waals surface area contributed by atoms with E-state index in [0.29, 0.717) is 0 Å². The molecule has 0 bridgehead atoms. The number of pyridine rings is 1. The van der Waals surface area contributed by atoms with Gasteiger partial charge in [-0.25, -0.2) is 0 Å². The average Bonchev–Trinajstić information content (AvgIpc) is 3.05. The summed E-state index contributed by atoms with van der Waals surface area (Å²) in [7, 11) is 0. The Labute approximate surface area is 198 Å². The van der Waals surface area contributed by atoms with E-state index in [0.717, 1.165) is 29.7 Å². The third kappa shape index (κ3) is 6.15. The van der Waals surface area contributed by atoms with E-state index in [-0.39, 0.29) is 37.1 Å². The Morgan fingerprint density at radius 3 is 2.42 bits per heavy atom.